The monoisotopic (exact) mass is 246 g/mol. The standard InChI is InChI=1S/C13H14N2O3/c1-7-3-4-10-9(5-7)6-11(15-10)12(16)14-8(2)13(17)18/h3-6,8,15H,1-2H3,(H,14,16)(H,17,18)/t8-/m0/s1. The Morgan fingerprint density at radius 1 is 1.33 bits per heavy atom. The van der Waals surface area contributed by atoms with Crippen molar-refractivity contribution in [1.29, 1.82) is 0 Å². The van der Waals surface area contributed by atoms with Crippen molar-refractivity contribution in [1.82, 2.24) is 10.3 Å². The number of nitrogens with one attached hydrogen (secondary N) is 2. The molecule has 1 aromatic carbocycles. The number of benzene rings is 1. The zero-order chi connectivity index (χ0) is 13.3. The molecule has 0 bridgehead atoms. The highest BCUT2D eigenvalue weighted by molar-refractivity contribution is 5.99. The molecule has 1 amide bonds. The SMILES string of the molecule is Cc1ccc2[nH]c(C(=O)N[C@@H](C)C(=O)O)cc2c1. The van der Waals surface area contributed by atoms with Crippen LogP contribution in [-0.2, 0) is 4.79 Å². The van der Waals surface area contributed by atoms with Gasteiger partial charge in [0.05, 0.1) is 0 Å². The fourth-order valence-electron chi connectivity index (χ4n) is 1.71. The van der Waals surface area contributed by atoms with Crippen molar-refractivity contribution in [3.05, 3.63) is 35.5 Å². The van der Waals surface area contributed by atoms with Crippen LogP contribution in [0.2, 0.25) is 0 Å². The first-order chi connectivity index (χ1) is 8.47. The Kier molecular flexibility index (Phi) is 3.06. The Labute approximate surface area is 104 Å². The molecule has 0 aliphatic carbocycles. The molecule has 0 spiro atoms. The lowest BCUT2D eigenvalue weighted by molar-refractivity contribution is -0.138. The number of hydrogen-bond acceptors (Lipinski definition) is 2. The molecule has 0 saturated heterocycles. The van der Waals surface area contributed by atoms with E-state index >= 15 is 0 Å². The van der Waals surface area contributed by atoms with E-state index in [1.54, 1.807) is 6.07 Å². The molecule has 18 heavy (non-hydrogen) atoms. The molecule has 1 heterocycles. The van der Waals surface area contributed by atoms with Gasteiger partial charge in [-0.25, -0.2) is 0 Å². The first-order valence-corrected chi connectivity index (χ1v) is 5.60. The van der Waals surface area contributed by atoms with Gasteiger partial charge in [-0.05, 0) is 32.0 Å². The van der Waals surface area contributed by atoms with Gasteiger partial charge in [-0.3, -0.25) is 9.59 Å². The van der Waals surface area contributed by atoms with Crippen LogP contribution in [0.4, 0.5) is 0 Å². The second kappa shape index (κ2) is 4.52. The first-order valence-electron chi connectivity index (χ1n) is 5.60. The summed E-state index contributed by atoms with van der Waals surface area (Å²) in [6.45, 7) is 3.39. The van der Waals surface area contributed by atoms with E-state index in [9.17, 15) is 9.59 Å². The summed E-state index contributed by atoms with van der Waals surface area (Å²) in [5.41, 5.74) is 2.32. The zero-order valence-electron chi connectivity index (χ0n) is 10.2. The number of hydrogen-bond donors (Lipinski definition) is 3. The fraction of sp³-hybridized carbons (Fsp3) is 0.231. The molecule has 0 saturated carbocycles. The summed E-state index contributed by atoms with van der Waals surface area (Å²) in [4.78, 5) is 25.4. The minimum Gasteiger partial charge on any atom is -0.480 e. The van der Waals surface area contributed by atoms with Gasteiger partial charge >= 0.3 is 5.97 Å². The number of rotatable bonds is 3. The van der Waals surface area contributed by atoms with Crippen molar-refractivity contribution in [2.75, 3.05) is 0 Å². The molecule has 5 nitrogen and oxygen atoms in total. The van der Waals surface area contributed by atoms with Crippen LogP contribution in [0.25, 0.3) is 10.9 Å². The Morgan fingerprint density at radius 2 is 2.06 bits per heavy atom. The molecule has 1 atom stereocenters. The summed E-state index contributed by atoms with van der Waals surface area (Å²) in [5, 5.41) is 12.1. The number of aliphatic carboxylic acids is 1. The highest BCUT2D eigenvalue weighted by Crippen LogP contribution is 2.16. The zero-order valence-corrected chi connectivity index (χ0v) is 10.2. The van der Waals surface area contributed by atoms with E-state index in [0.717, 1.165) is 16.5 Å². The van der Waals surface area contributed by atoms with Crippen LogP contribution in [0.15, 0.2) is 24.3 Å². The Bertz CT molecular complexity index is 616. The van der Waals surface area contributed by atoms with E-state index in [0.29, 0.717) is 5.69 Å². The molecular weight excluding hydrogens is 232 g/mol. The lowest BCUT2D eigenvalue weighted by Gasteiger charge is -2.07. The van der Waals surface area contributed by atoms with E-state index < -0.39 is 17.9 Å². The van der Waals surface area contributed by atoms with Gasteiger partial charge in [0.2, 0.25) is 0 Å². The number of aromatic nitrogens is 1. The van der Waals surface area contributed by atoms with Crippen molar-refractivity contribution in [3.8, 4) is 0 Å². The van der Waals surface area contributed by atoms with Gasteiger partial charge in [0.1, 0.15) is 11.7 Å². The van der Waals surface area contributed by atoms with Crippen LogP contribution in [0.5, 0.6) is 0 Å². The number of H-pyrrole nitrogens is 1. The highest BCUT2D eigenvalue weighted by atomic mass is 16.4. The third-order valence-corrected chi connectivity index (χ3v) is 2.74. The van der Waals surface area contributed by atoms with Gasteiger partial charge in [0, 0.05) is 10.9 Å². The third-order valence-electron chi connectivity index (χ3n) is 2.74. The lowest BCUT2D eigenvalue weighted by atomic mass is 10.2. The number of carbonyl (C=O) groups excluding carboxylic acids is 1. The Morgan fingerprint density at radius 3 is 2.72 bits per heavy atom. The number of carboxylic acids is 1. The highest BCUT2D eigenvalue weighted by Gasteiger charge is 2.16. The maximum Gasteiger partial charge on any atom is 0.325 e. The molecule has 0 radical (unpaired) electrons. The number of aromatic amines is 1. The number of carboxylic acid groups (broad SMARTS) is 1. The van der Waals surface area contributed by atoms with E-state index in [4.69, 9.17) is 5.11 Å². The minimum atomic E-state index is -1.06. The van der Waals surface area contributed by atoms with Crippen LogP contribution in [-0.4, -0.2) is 28.0 Å². The molecular formula is C13H14N2O3. The number of amides is 1. The summed E-state index contributed by atoms with van der Waals surface area (Å²) in [6.07, 6.45) is 0. The predicted octanol–water partition coefficient (Wildman–Crippen LogP) is 1.68. The van der Waals surface area contributed by atoms with Crippen LogP contribution in [0, 0.1) is 6.92 Å². The average molecular weight is 246 g/mol. The maximum absolute atomic E-state index is 11.8. The van der Waals surface area contributed by atoms with Crippen LogP contribution >= 0.6 is 0 Å². The van der Waals surface area contributed by atoms with Crippen molar-refractivity contribution in [2.24, 2.45) is 0 Å². The fourth-order valence-corrected chi connectivity index (χ4v) is 1.71. The molecule has 0 fully saturated rings. The van der Waals surface area contributed by atoms with Gasteiger partial charge < -0.3 is 15.4 Å². The van der Waals surface area contributed by atoms with Gasteiger partial charge in [-0.15, -0.1) is 0 Å². The van der Waals surface area contributed by atoms with Crippen LogP contribution < -0.4 is 5.32 Å². The Hall–Kier alpha value is -2.30. The second-order valence-corrected chi connectivity index (χ2v) is 4.31. The van der Waals surface area contributed by atoms with Crippen LogP contribution in [0.3, 0.4) is 0 Å². The minimum absolute atomic E-state index is 0.365. The number of fused-ring (bicyclic) bond motifs is 1. The van der Waals surface area contributed by atoms with E-state index in [1.807, 2.05) is 25.1 Å². The normalized spacial score (nSPS) is 12.3. The average Bonchev–Trinajstić information content (AvgIpc) is 2.71. The summed E-state index contributed by atoms with van der Waals surface area (Å²) in [7, 11) is 0. The summed E-state index contributed by atoms with van der Waals surface area (Å²) in [5.74, 6) is -1.48. The number of carbonyl (C=O) groups is 2. The molecule has 2 rings (SSSR count). The summed E-state index contributed by atoms with van der Waals surface area (Å²) >= 11 is 0. The number of aryl methyl sites for hydroxylation is 1. The van der Waals surface area contributed by atoms with Crippen molar-refractivity contribution in [3.63, 3.8) is 0 Å². The van der Waals surface area contributed by atoms with Gasteiger partial charge in [-0.2, -0.15) is 0 Å². The van der Waals surface area contributed by atoms with Crippen molar-refractivity contribution >= 4 is 22.8 Å². The lowest BCUT2D eigenvalue weighted by Crippen LogP contribution is -2.38. The summed E-state index contributed by atoms with van der Waals surface area (Å²) in [6, 6.07) is 6.60. The topological polar surface area (TPSA) is 82.2 Å². The van der Waals surface area contributed by atoms with E-state index in [1.165, 1.54) is 6.92 Å². The quantitative estimate of drug-likeness (QED) is 0.770. The molecule has 0 aliphatic rings. The van der Waals surface area contributed by atoms with Crippen LogP contribution in [0.1, 0.15) is 23.0 Å². The maximum atomic E-state index is 11.8. The second-order valence-electron chi connectivity index (χ2n) is 4.31. The summed E-state index contributed by atoms with van der Waals surface area (Å²) < 4.78 is 0. The van der Waals surface area contributed by atoms with Gasteiger partial charge in [0.15, 0.2) is 0 Å². The molecule has 1 aromatic heterocycles. The largest absolute Gasteiger partial charge is 0.480 e. The predicted molar refractivity (Wildman–Crippen MR) is 67.6 cm³/mol. The first kappa shape index (κ1) is 12.2. The van der Waals surface area contributed by atoms with Crippen molar-refractivity contribution < 1.29 is 14.7 Å². The molecule has 2 aromatic rings. The molecule has 5 heteroatoms. The molecule has 3 N–H and O–H groups in total. The smallest absolute Gasteiger partial charge is 0.325 e. The van der Waals surface area contributed by atoms with Gasteiger partial charge in [-0.1, -0.05) is 11.6 Å². The molecule has 0 aliphatic heterocycles. The molecule has 0 unspecified atom stereocenters. The van der Waals surface area contributed by atoms with Crippen molar-refractivity contribution in [2.45, 2.75) is 19.9 Å². The Balaban J connectivity index is 2.26. The van der Waals surface area contributed by atoms with E-state index in [-0.39, 0.29) is 0 Å². The van der Waals surface area contributed by atoms with E-state index in [2.05, 4.69) is 10.3 Å². The molecule has 94 valence electrons. The third kappa shape index (κ3) is 2.34. The van der Waals surface area contributed by atoms with Gasteiger partial charge in [0.25, 0.3) is 5.91 Å².